The fourth-order valence-corrected chi connectivity index (χ4v) is 1.94. The summed E-state index contributed by atoms with van der Waals surface area (Å²) in [6, 6.07) is 0. The lowest BCUT2D eigenvalue weighted by Gasteiger charge is -2.30. The largest absolute Gasteiger partial charge is 0.396 e. The zero-order chi connectivity index (χ0) is 10.4. The highest BCUT2D eigenvalue weighted by atomic mass is 16.3. The number of hydrogen-bond acceptors (Lipinski definition) is 3. The Morgan fingerprint density at radius 3 is 2.57 bits per heavy atom. The Bertz CT molecular complexity index is 174. The zero-order valence-electron chi connectivity index (χ0n) is 9.04. The number of nitrogens with zero attached hydrogens (tertiary/aromatic N) is 1. The van der Waals surface area contributed by atoms with Gasteiger partial charge in [0.15, 0.2) is 0 Å². The summed E-state index contributed by atoms with van der Waals surface area (Å²) in [5.41, 5.74) is 0. The smallest absolute Gasteiger partial charge is 0.129 e. The molecular formula is C11H21NO2. The van der Waals surface area contributed by atoms with Crippen LogP contribution in [-0.4, -0.2) is 42.0 Å². The van der Waals surface area contributed by atoms with E-state index in [4.69, 9.17) is 5.11 Å². The molecule has 1 aliphatic rings. The Hall–Kier alpha value is -0.410. The quantitative estimate of drug-likeness (QED) is 0.719. The van der Waals surface area contributed by atoms with E-state index in [-0.39, 0.29) is 5.78 Å². The average molecular weight is 199 g/mol. The van der Waals surface area contributed by atoms with Crippen LogP contribution in [0.25, 0.3) is 0 Å². The summed E-state index contributed by atoms with van der Waals surface area (Å²) < 4.78 is 0. The van der Waals surface area contributed by atoms with Crippen LogP contribution in [0.1, 0.15) is 32.6 Å². The molecule has 0 atom stereocenters. The van der Waals surface area contributed by atoms with Gasteiger partial charge in [0.2, 0.25) is 0 Å². The normalized spacial score (nSPS) is 19.9. The van der Waals surface area contributed by atoms with Crippen LogP contribution in [0.3, 0.4) is 0 Å². The van der Waals surface area contributed by atoms with Crippen LogP contribution in [0, 0.1) is 5.92 Å². The van der Waals surface area contributed by atoms with Gasteiger partial charge < -0.3 is 14.8 Å². The zero-order valence-corrected chi connectivity index (χ0v) is 9.04. The van der Waals surface area contributed by atoms with Gasteiger partial charge in [-0.05, 0) is 51.7 Å². The van der Waals surface area contributed by atoms with Gasteiger partial charge in [-0.2, -0.15) is 0 Å². The van der Waals surface area contributed by atoms with E-state index in [2.05, 4.69) is 4.90 Å². The van der Waals surface area contributed by atoms with E-state index in [1.807, 2.05) is 0 Å². The molecule has 0 spiro atoms. The standard InChI is InChI=1S/C11H21NO2/c1-10(14)3-2-6-12-7-4-11(9-13)5-8-12/h11,13H,2-9H2,1H3. The van der Waals surface area contributed by atoms with Crippen LogP contribution in [0.4, 0.5) is 0 Å². The molecule has 1 rings (SSSR count). The number of likely N-dealkylation sites (tertiary alicyclic amines) is 1. The lowest BCUT2D eigenvalue weighted by Crippen LogP contribution is -2.35. The van der Waals surface area contributed by atoms with Crippen LogP contribution in [-0.2, 0) is 4.79 Å². The third-order valence-electron chi connectivity index (χ3n) is 2.97. The Morgan fingerprint density at radius 1 is 1.43 bits per heavy atom. The van der Waals surface area contributed by atoms with E-state index in [0.29, 0.717) is 18.9 Å². The number of hydrogen-bond donors (Lipinski definition) is 1. The predicted octanol–water partition coefficient (Wildman–Crippen LogP) is 1.06. The van der Waals surface area contributed by atoms with Gasteiger partial charge in [-0.1, -0.05) is 0 Å². The van der Waals surface area contributed by atoms with Crippen LogP contribution < -0.4 is 0 Å². The number of carbonyl (C=O) groups is 1. The molecule has 0 aromatic heterocycles. The third-order valence-corrected chi connectivity index (χ3v) is 2.97. The van der Waals surface area contributed by atoms with Gasteiger partial charge in [0, 0.05) is 13.0 Å². The molecule has 1 aliphatic heterocycles. The summed E-state index contributed by atoms with van der Waals surface area (Å²) in [6.45, 7) is 5.20. The first-order chi connectivity index (χ1) is 6.72. The van der Waals surface area contributed by atoms with Gasteiger partial charge in [-0.15, -0.1) is 0 Å². The maximum Gasteiger partial charge on any atom is 0.129 e. The highest BCUT2D eigenvalue weighted by Crippen LogP contribution is 2.16. The summed E-state index contributed by atoms with van der Waals surface area (Å²) in [7, 11) is 0. The summed E-state index contributed by atoms with van der Waals surface area (Å²) >= 11 is 0. The first kappa shape index (κ1) is 11.7. The molecule has 3 nitrogen and oxygen atoms in total. The summed E-state index contributed by atoms with van der Waals surface area (Å²) in [5.74, 6) is 0.800. The van der Waals surface area contributed by atoms with E-state index in [0.717, 1.165) is 38.9 Å². The van der Waals surface area contributed by atoms with Gasteiger partial charge in [0.05, 0.1) is 0 Å². The van der Waals surface area contributed by atoms with Gasteiger partial charge >= 0.3 is 0 Å². The summed E-state index contributed by atoms with van der Waals surface area (Å²) in [6.07, 6.45) is 3.91. The first-order valence-electron chi connectivity index (χ1n) is 5.55. The molecule has 0 saturated carbocycles. The van der Waals surface area contributed by atoms with E-state index < -0.39 is 0 Å². The van der Waals surface area contributed by atoms with Crippen molar-refractivity contribution in [2.75, 3.05) is 26.2 Å². The molecule has 1 N–H and O–H groups in total. The lowest BCUT2D eigenvalue weighted by molar-refractivity contribution is -0.117. The van der Waals surface area contributed by atoms with Crippen LogP contribution in [0.15, 0.2) is 0 Å². The Balaban J connectivity index is 2.07. The average Bonchev–Trinajstić information content (AvgIpc) is 2.18. The van der Waals surface area contributed by atoms with Crippen LogP contribution >= 0.6 is 0 Å². The minimum absolute atomic E-state index is 0.287. The van der Waals surface area contributed by atoms with Gasteiger partial charge in [-0.25, -0.2) is 0 Å². The number of piperidine rings is 1. The third kappa shape index (κ3) is 4.20. The second-order valence-corrected chi connectivity index (χ2v) is 4.27. The SMILES string of the molecule is CC(=O)CCCN1CCC(CO)CC1. The fourth-order valence-electron chi connectivity index (χ4n) is 1.94. The van der Waals surface area contributed by atoms with Crippen LogP contribution in [0.2, 0.25) is 0 Å². The van der Waals surface area contributed by atoms with Crippen molar-refractivity contribution >= 4 is 5.78 Å². The van der Waals surface area contributed by atoms with Gasteiger partial charge in [-0.3, -0.25) is 0 Å². The second-order valence-electron chi connectivity index (χ2n) is 4.27. The number of carbonyl (C=O) groups excluding carboxylic acids is 1. The highest BCUT2D eigenvalue weighted by molar-refractivity contribution is 5.75. The minimum Gasteiger partial charge on any atom is -0.396 e. The van der Waals surface area contributed by atoms with E-state index in [1.165, 1.54) is 0 Å². The topological polar surface area (TPSA) is 40.5 Å². The van der Waals surface area contributed by atoms with Crippen molar-refractivity contribution in [3.8, 4) is 0 Å². The van der Waals surface area contributed by atoms with Gasteiger partial charge in [0.25, 0.3) is 0 Å². The molecule has 0 unspecified atom stereocenters. The molecule has 82 valence electrons. The maximum atomic E-state index is 10.7. The van der Waals surface area contributed by atoms with Crippen molar-refractivity contribution in [3.05, 3.63) is 0 Å². The monoisotopic (exact) mass is 199 g/mol. The molecule has 0 aromatic rings. The van der Waals surface area contributed by atoms with Crippen molar-refractivity contribution in [2.45, 2.75) is 32.6 Å². The van der Waals surface area contributed by atoms with Crippen LogP contribution in [0.5, 0.6) is 0 Å². The second kappa shape index (κ2) is 6.14. The van der Waals surface area contributed by atoms with Crippen molar-refractivity contribution < 1.29 is 9.90 Å². The number of aliphatic hydroxyl groups excluding tert-OH is 1. The predicted molar refractivity (Wildman–Crippen MR) is 56.2 cm³/mol. The molecule has 1 fully saturated rings. The minimum atomic E-state index is 0.287. The van der Waals surface area contributed by atoms with E-state index in [1.54, 1.807) is 6.92 Å². The van der Waals surface area contributed by atoms with Crippen molar-refractivity contribution in [1.82, 2.24) is 4.90 Å². The van der Waals surface area contributed by atoms with Crippen molar-refractivity contribution in [3.63, 3.8) is 0 Å². The Labute approximate surface area is 86.1 Å². The van der Waals surface area contributed by atoms with Gasteiger partial charge in [0.1, 0.15) is 5.78 Å². The number of rotatable bonds is 5. The molecule has 0 bridgehead atoms. The summed E-state index contributed by atoms with van der Waals surface area (Å²) in [4.78, 5) is 13.1. The molecule has 1 heterocycles. The Morgan fingerprint density at radius 2 is 2.07 bits per heavy atom. The molecule has 0 amide bonds. The molecule has 0 aromatic carbocycles. The first-order valence-corrected chi connectivity index (χ1v) is 5.55. The fraction of sp³-hybridized carbons (Fsp3) is 0.909. The molecule has 14 heavy (non-hydrogen) atoms. The molecule has 0 radical (unpaired) electrons. The molecule has 3 heteroatoms. The van der Waals surface area contributed by atoms with E-state index >= 15 is 0 Å². The van der Waals surface area contributed by atoms with Crippen molar-refractivity contribution in [2.24, 2.45) is 5.92 Å². The molecular weight excluding hydrogens is 178 g/mol. The summed E-state index contributed by atoms with van der Waals surface area (Å²) in [5, 5.41) is 8.96. The maximum absolute atomic E-state index is 10.7. The molecule has 1 saturated heterocycles. The molecule has 0 aliphatic carbocycles. The van der Waals surface area contributed by atoms with E-state index in [9.17, 15) is 4.79 Å². The lowest BCUT2D eigenvalue weighted by atomic mass is 9.98. The Kier molecular flexibility index (Phi) is 5.12. The number of Topliss-reactive ketones (excluding diaryl/α,β-unsaturated/α-hetero) is 1. The number of ketones is 1. The van der Waals surface area contributed by atoms with Crippen molar-refractivity contribution in [1.29, 1.82) is 0 Å². The highest BCUT2D eigenvalue weighted by Gasteiger charge is 2.17. The number of aliphatic hydroxyl groups is 1.